The van der Waals surface area contributed by atoms with Gasteiger partial charge >= 0.3 is 5.97 Å². The van der Waals surface area contributed by atoms with Crippen LogP contribution in [-0.4, -0.2) is 25.3 Å². The lowest BCUT2D eigenvalue weighted by molar-refractivity contribution is -0.144. The van der Waals surface area contributed by atoms with Gasteiger partial charge in [-0.2, -0.15) is 0 Å². The van der Waals surface area contributed by atoms with Crippen molar-refractivity contribution in [1.29, 1.82) is 0 Å². The molecule has 0 saturated carbocycles. The summed E-state index contributed by atoms with van der Waals surface area (Å²) in [7, 11) is 0. The maximum absolute atomic E-state index is 11.0. The highest BCUT2D eigenvalue weighted by Gasteiger charge is 2.05. The Morgan fingerprint density at radius 3 is 2.79 bits per heavy atom. The average molecular weight is 200 g/mol. The Bertz CT molecular complexity index is 175. The zero-order valence-corrected chi connectivity index (χ0v) is 9.29. The SMILES string of the molecule is CC=CC(=O)OC(C)COCCCC. The topological polar surface area (TPSA) is 35.5 Å². The molecule has 0 aliphatic rings. The first-order valence-corrected chi connectivity index (χ1v) is 5.11. The van der Waals surface area contributed by atoms with E-state index in [4.69, 9.17) is 9.47 Å². The van der Waals surface area contributed by atoms with E-state index in [0.717, 1.165) is 19.4 Å². The lowest BCUT2D eigenvalue weighted by atomic mass is 10.3. The van der Waals surface area contributed by atoms with Crippen molar-refractivity contribution in [2.24, 2.45) is 0 Å². The second kappa shape index (κ2) is 8.75. The van der Waals surface area contributed by atoms with Gasteiger partial charge in [0.1, 0.15) is 6.10 Å². The summed E-state index contributed by atoms with van der Waals surface area (Å²) >= 11 is 0. The molecule has 0 amide bonds. The van der Waals surface area contributed by atoms with Gasteiger partial charge in [-0.3, -0.25) is 0 Å². The molecular formula is C11H20O3. The summed E-state index contributed by atoms with van der Waals surface area (Å²) in [4.78, 5) is 11.0. The summed E-state index contributed by atoms with van der Waals surface area (Å²) < 4.78 is 10.3. The summed E-state index contributed by atoms with van der Waals surface area (Å²) in [5.41, 5.74) is 0. The molecule has 0 aromatic carbocycles. The van der Waals surface area contributed by atoms with Crippen molar-refractivity contribution in [2.75, 3.05) is 13.2 Å². The molecule has 0 bridgehead atoms. The number of esters is 1. The third-order valence-electron chi connectivity index (χ3n) is 1.61. The third-order valence-corrected chi connectivity index (χ3v) is 1.61. The third kappa shape index (κ3) is 7.80. The second-order valence-corrected chi connectivity index (χ2v) is 3.18. The van der Waals surface area contributed by atoms with E-state index in [9.17, 15) is 4.79 Å². The molecular weight excluding hydrogens is 180 g/mol. The molecule has 82 valence electrons. The lowest BCUT2D eigenvalue weighted by Gasteiger charge is -2.11. The van der Waals surface area contributed by atoms with Gasteiger partial charge in [-0.25, -0.2) is 4.79 Å². The van der Waals surface area contributed by atoms with Gasteiger partial charge in [0.2, 0.25) is 0 Å². The number of rotatable bonds is 7. The second-order valence-electron chi connectivity index (χ2n) is 3.18. The molecule has 0 heterocycles. The molecule has 0 rings (SSSR count). The molecule has 0 fully saturated rings. The fraction of sp³-hybridized carbons (Fsp3) is 0.727. The number of hydrogen-bond acceptors (Lipinski definition) is 3. The minimum Gasteiger partial charge on any atom is -0.457 e. The maximum atomic E-state index is 11.0. The summed E-state index contributed by atoms with van der Waals surface area (Å²) in [6, 6.07) is 0. The number of ether oxygens (including phenoxy) is 2. The molecule has 3 heteroatoms. The average Bonchev–Trinajstić information content (AvgIpc) is 2.13. The minimum atomic E-state index is -0.306. The normalized spacial score (nSPS) is 13.1. The first-order chi connectivity index (χ1) is 6.70. The van der Waals surface area contributed by atoms with Crippen LogP contribution in [0.25, 0.3) is 0 Å². The van der Waals surface area contributed by atoms with Crippen LogP contribution in [0.15, 0.2) is 12.2 Å². The molecule has 0 aliphatic carbocycles. The molecule has 0 spiro atoms. The largest absolute Gasteiger partial charge is 0.457 e. The highest BCUT2D eigenvalue weighted by atomic mass is 16.6. The van der Waals surface area contributed by atoms with Crippen LogP contribution in [0.1, 0.15) is 33.6 Å². The molecule has 14 heavy (non-hydrogen) atoms. The quantitative estimate of drug-likeness (QED) is 0.359. The molecule has 0 aliphatic heterocycles. The number of allylic oxidation sites excluding steroid dienone is 1. The number of carbonyl (C=O) groups excluding carboxylic acids is 1. The van der Waals surface area contributed by atoms with Gasteiger partial charge in [-0.05, 0) is 20.3 Å². The summed E-state index contributed by atoms with van der Waals surface area (Å²) in [6.07, 6.45) is 5.06. The smallest absolute Gasteiger partial charge is 0.330 e. The highest BCUT2D eigenvalue weighted by molar-refractivity contribution is 5.81. The standard InChI is InChI=1S/C11H20O3/c1-4-6-8-13-9-10(3)14-11(12)7-5-2/h5,7,10H,4,6,8-9H2,1-3H3. The fourth-order valence-corrected chi connectivity index (χ4v) is 0.903. The van der Waals surface area contributed by atoms with Gasteiger partial charge in [-0.1, -0.05) is 19.4 Å². The lowest BCUT2D eigenvalue weighted by Crippen LogP contribution is -2.19. The van der Waals surface area contributed by atoms with E-state index >= 15 is 0 Å². The Balaban J connectivity index is 3.44. The van der Waals surface area contributed by atoms with Crippen molar-refractivity contribution >= 4 is 5.97 Å². The molecule has 0 radical (unpaired) electrons. The molecule has 0 aromatic rings. The van der Waals surface area contributed by atoms with E-state index in [-0.39, 0.29) is 12.1 Å². The Labute approximate surface area is 86.1 Å². The van der Waals surface area contributed by atoms with Gasteiger partial charge in [0.05, 0.1) is 6.61 Å². The van der Waals surface area contributed by atoms with Gasteiger partial charge in [0, 0.05) is 12.7 Å². The van der Waals surface area contributed by atoms with Gasteiger partial charge in [0.25, 0.3) is 0 Å². The molecule has 0 saturated heterocycles. The van der Waals surface area contributed by atoms with E-state index in [1.165, 1.54) is 6.08 Å². The van der Waals surface area contributed by atoms with E-state index in [1.807, 2.05) is 6.92 Å². The monoisotopic (exact) mass is 200 g/mol. The van der Waals surface area contributed by atoms with Crippen molar-refractivity contribution in [2.45, 2.75) is 39.7 Å². The van der Waals surface area contributed by atoms with Crippen molar-refractivity contribution in [3.63, 3.8) is 0 Å². The van der Waals surface area contributed by atoms with E-state index in [2.05, 4.69) is 6.92 Å². The predicted octanol–water partition coefficient (Wildman–Crippen LogP) is 2.31. The van der Waals surface area contributed by atoms with Crippen molar-refractivity contribution in [1.82, 2.24) is 0 Å². The Morgan fingerprint density at radius 2 is 2.21 bits per heavy atom. The van der Waals surface area contributed by atoms with Crippen molar-refractivity contribution in [3.8, 4) is 0 Å². The van der Waals surface area contributed by atoms with Crippen LogP contribution in [0.5, 0.6) is 0 Å². The van der Waals surface area contributed by atoms with Crippen LogP contribution in [0, 0.1) is 0 Å². The van der Waals surface area contributed by atoms with Gasteiger partial charge in [-0.15, -0.1) is 0 Å². The maximum Gasteiger partial charge on any atom is 0.330 e. The van der Waals surface area contributed by atoms with Crippen LogP contribution in [0.4, 0.5) is 0 Å². The summed E-state index contributed by atoms with van der Waals surface area (Å²) in [6.45, 7) is 6.93. The molecule has 0 aromatic heterocycles. The Kier molecular flexibility index (Phi) is 8.24. The fourth-order valence-electron chi connectivity index (χ4n) is 0.903. The molecule has 1 unspecified atom stereocenters. The molecule has 0 N–H and O–H groups in total. The number of unbranched alkanes of at least 4 members (excludes halogenated alkanes) is 1. The Hall–Kier alpha value is -0.830. The first kappa shape index (κ1) is 13.2. The Morgan fingerprint density at radius 1 is 1.50 bits per heavy atom. The highest BCUT2D eigenvalue weighted by Crippen LogP contribution is 1.96. The molecule has 1 atom stereocenters. The van der Waals surface area contributed by atoms with Crippen LogP contribution in [0.3, 0.4) is 0 Å². The molecule has 3 nitrogen and oxygen atoms in total. The zero-order chi connectivity index (χ0) is 10.8. The summed E-state index contributed by atoms with van der Waals surface area (Å²) in [5.74, 6) is -0.306. The van der Waals surface area contributed by atoms with Crippen LogP contribution >= 0.6 is 0 Å². The van der Waals surface area contributed by atoms with Crippen LogP contribution in [0.2, 0.25) is 0 Å². The summed E-state index contributed by atoms with van der Waals surface area (Å²) in [5, 5.41) is 0. The predicted molar refractivity (Wildman–Crippen MR) is 56.1 cm³/mol. The van der Waals surface area contributed by atoms with E-state index < -0.39 is 0 Å². The van der Waals surface area contributed by atoms with Crippen molar-refractivity contribution < 1.29 is 14.3 Å². The minimum absolute atomic E-state index is 0.171. The number of hydrogen-bond donors (Lipinski definition) is 0. The zero-order valence-electron chi connectivity index (χ0n) is 9.29. The first-order valence-electron chi connectivity index (χ1n) is 5.11. The van der Waals surface area contributed by atoms with E-state index in [0.29, 0.717) is 6.61 Å². The van der Waals surface area contributed by atoms with E-state index in [1.54, 1.807) is 13.0 Å². The van der Waals surface area contributed by atoms with Crippen LogP contribution < -0.4 is 0 Å². The van der Waals surface area contributed by atoms with Gasteiger partial charge in [0.15, 0.2) is 0 Å². The van der Waals surface area contributed by atoms with Gasteiger partial charge < -0.3 is 9.47 Å². The van der Waals surface area contributed by atoms with Crippen molar-refractivity contribution in [3.05, 3.63) is 12.2 Å². The van der Waals surface area contributed by atoms with Crippen LogP contribution in [-0.2, 0) is 14.3 Å². The number of carbonyl (C=O) groups is 1.